The highest BCUT2D eigenvalue weighted by molar-refractivity contribution is 5.80. The minimum Gasteiger partial charge on any atom is -0.355 e. The summed E-state index contributed by atoms with van der Waals surface area (Å²) < 4.78 is 0. The lowest BCUT2D eigenvalue weighted by Gasteiger charge is -2.26. The van der Waals surface area contributed by atoms with E-state index in [1.807, 2.05) is 31.2 Å². The van der Waals surface area contributed by atoms with Gasteiger partial charge in [0, 0.05) is 30.6 Å². The van der Waals surface area contributed by atoms with Gasteiger partial charge in [0.05, 0.1) is 0 Å². The third-order valence-electron chi connectivity index (χ3n) is 4.90. The second kappa shape index (κ2) is 8.30. The average Bonchev–Trinajstić information content (AvgIpc) is 2.61. The van der Waals surface area contributed by atoms with Gasteiger partial charge in [-0.3, -0.25) is 9.59 Å². The molecule has 5 heteroatoms. The van der Waals surface area contributed by atoms with Gasteiger partial charge in [0.25, 0.3) is 5.56 Å². The van der Waals surface area contributed by atoms with E-state index in [1.165, 1.54) is 19.3 Å². The Kier molecular flexibility index (Phi) is 5.87. The standard InChI is InChI=1S/C20H27N3O2/c1-15-5-7-18-17(13-15)14-16(20(25)22-18)6-8-19(24)21-9-12-23-10-3-2-4-11-23/h5,7,13-14H,2-4,6,8-12H2,1H3,(H,21,24)(H,22,25). The van der Waals surface area contributed by atoms with Crippen molar-refractivity contribution in [3.8, 4) is 0 Å². The number of rotatable bonds is 6. The number of fused-ring (bicyclic) bond motifs is 1. The first-order valence-electron chi connectivity index (χ1n) is 9.23. The van der Waals surface area contributed by atoms with Crippen LogP contribution >= 0.6 is 0 Å². The van der Waals surface area contributed by atoms with Crippen LogP contribution in [0.5, 0.6) is 0 Å². The van der Waals surface area contributed by atoms with Crippen molar-refractivity contribution in [3.63, 3.8) is 0 Å². The topological polar surface area (TPSA) is 65.2 Å². The fourth-order valence-electron chi connectivity index (χ4n) is 3.43. The van der Waals surface area contributed by atoms with Crippen LogP contribution in [0.3, 0.4) is 0 Å². The highest BCUT2D eigenvalue weighted by Crippen LogP contribution is 2.14. The predicted molar refractivity (Wildman–Crippen MR) is 101 cm³/mol. The smallest absolute Gasteiger partial charge is 0.251 e. The zero-order chi connectivity index (χ0) is 17.6. The molecule has 0 aliphatic carbocycles. The molecule has 0 spiro atoms. The van der Waals surface area contributed by atoms with Crippen LogP contribution in [0.1, 0.15) is 36.8 Å². The number of pyridine rings is 1. The van der Waals surface area contributed by atoms with Gasteiger partial charge in [-0.1, -0.05) is 18.1 Å². The summed E-state index contributed by atoms with van der Waals surface area (Å²) in [4.78, 5) is 29.5. The molecule has 1 amide bonds. The van der Waals surface area contributed by atoms with Crippen LogP contribution in [-0.2, 0) is 11.2 Å². The summed E-state index contributed by atoms with van der Waals surface area (Å²) >= 11 is 0. The van der Waals surface area contributed by atoms with Gasteiger partial charge in [0.1, 0.15) is 0 Å². The van der Waals surface area contributed by atoms with Gasteiger partial charge in [-0.2, -0.15) is 0 Å². The Hall–Kier alpha value is -2.14. The summed E-state index contributed by atoms with van der Waals surface area (Å²) in [5, 5.41) is 3.99. The molecule has 3 rings (SSSR count). The summed E-state index contributed by atoms with van der Waals surface area (Å²) in [6.45, 7) is 5.91. The largest absolute Gasteiger partial charge is 0.355 e. The first kappa shape index (κ1) is 17.7. The molecule has 2 N–H and O–H groups in total. The van der Waals surface area contributed by atoms with E-state index in [2.05, 4.69) is 15.2 Å². The lowest BCUT2D eigenvalue weighted by atomic mass is 10.1. The molecule has 2 aromatic rings. The summed E-state index contributed by atoms with van der Waals surface area (Å²) in [6.07, 6.45) is 4.66. The molecule has 1 aliphatic rings. The first-order chi connectivity index (χ1) is 12.1. The van der Waals surface area contributed by atoms with E-state index in [-0.39, 0.29) is 11.5 Å². The first-order valence-corrected chi connectivity index (χ1v) is 9.23. The second-order valence-electron chi connectivity index (χ2n) is 6.97. The number of aromatic nitrogens is 1. The van der Waals surface area contributed by atoms with Crippen LogP contribution in [0.25, 0.3) is 10.9 Å². The third kappa shape index (κ3) is 4.92. The van der Waals surface area contributed by atoms with Crippen molar-refractivity contribution < 1.29 is 4.79 Å². The molecule has 2 heterocycles. The summed E-state index contributed by atoms with van der Waals surface area (Å²) in [6, 6.07) is 7.85. The van der Waals surface area contributed by atoms with Crippen molar-refractivity contribution in [3.05, 3.63) is 45.7 Å². The van der Waals surface area contributed by atoms with Crippen LogP contribution < -0.4 is 10.9 Å². The second-order valence-corrected chi connectivity index (χ2v) is 6.97. The number of hydrogen-bond acceptors (Lipinski definition) is 3. The molecule has 1 fully saturated rings. The molecule has 25 heavy (non-hydrogen) atoms. The molecule has 1 saturated heterocycles. The molecule has 0 atom stereocenters. The van der Waals surface area contributed by atoms with Crippen molar-refractivity contribution in [2.75, 3.05) is 26.2 Å². The lowest BCUT2D eigenvalue weighted by molar-refractivity contribution is -0.121. The highest BCUT2D eigenvalue weighted by atomic mass is 16.1. The van der Waals surface area contributed by atoms with E-state index in [1.54, 1.807) is 0 Å². The molecule has 1 aromatic carbocycles. The van der Waals surface area contributed by atoms with E-state index in [0.717, 1.165) is 36.1 Å². The molecule has 0 unspecified atom stereocenters. The Morgan fingerprint density at radius 1 is 1.20 bits per heavy atom. The molecule has 0 radical (unpaired) electrons. The Labute approximate surface area is 148 Å². The minimum atomic E-state index is -0.0996. The number of carbonyl (C=O) groups is 1. The van der Waals surface area contributed by atoms with Gasteiger partial charge in [0.15, 0.2) is 0 Å². The zero-order valence-electron chi connectivity index (χ0n) is 14.9. The van der Waals surface area contributed by atoms with Gasteiger partial charge >= 0.3 is 0 Å². The number of H-pyrrole nitrogens is 1. The number of hydrogen-bond donors (Lipinski definition) is 2. The van der Waals surface area contributed by atoms with Crippen LogP contribution in [0.15, 0.2) is 29.1 Å². The SMILES string of the molecule is Cc1ccc2[nH]c(=O)c(CCC(=O)NCCN3CCCCC3)cc2c1. The van der Waals surface area contributed by atoms with Gasteiger partial charge < -0.3 is 15.2 Å². The minimum absolute atomic E-state index is 0.0146. The maximum atomic E-state index is 12.2. The van der Waals surface area contributed by atoms with Crippen LogP contribution in [0.4, 0.5) is 0 Å². The fourth-order valence-corrected chi connectivity index (χ4v) is 3.43. The Bertz CT molecular complexity index is 791. The number of aryl methyl sites for hydroxylation is 2. The molecular weight excluding hydrogens is 314 g/mol. The Morgan fingerprint density at radius 3 is 2.80 bits per heavy atom. The lowest BCUT2D eigenvalue weighted by Crippen LogP contribution is -2.37. The molecule has 1 aromatic heterocycles. The molecule has 0 bridgehead atoms. The molecular formula is C20H27N3O2. The number of likely N-dealkylation sites (tertiary alicyclic amines) is 1. The number of nitrogens with one attached hydrogen (secondary N) is 2. The van der Waals surface area contributed by atoms with Crippen molar-refractivity contribution in [2.45, 2.75) is 39.0 Å². The molecule has 0 saturated carbocycles. The van der Waals surface area contributed by atoms with E-state index < -0.39 is 0 Å². The Morgan fingerprint density at radius 2 is 2.00 bits per heavy atom. The average molecular weight is 341 g/mol. The summed E-state index contributed by atoms with van der Waals surface area (Å²) in [5.74, 6) is 0.0146. The molecule has 134 valence electrons. The molecule has 1 aliphatic heterocycles. The maximum absolute atomic E-state index is 12.2. The number of amides is 1. The van der Waals surface area contributed by atoms with Gasteiger partial charge in [0.2, 0.25) is 5.91 Å². The maximum Gasteiger partial charge on any atom is 0.251 e. The van der Waals surface area contributed by atoms with Crippen molar-refractivity contribution in [1.82, 2.24) is 15.2 Å². The molecule has 5 nitrogen and oxygen atoms in total. The summed E-state index contributed by atoms with van der Waals surface area (Å²) in [7, 11) is 0. The van der Waals surface area contributed by atoms with E-state index in [4.69, 9.17) is 0 Å². The van der Waals surface area contributed by atoms with Crippen LogP contribution in [0, 0.1) is 6.92 Å². The van der Waals surface area contributed by atoms with Crippen LogP contribution in [-0.4, -0.2) is 42.0 Å². The number of aromatic amines is 1. The highest BCUT2D eigenvalue weighted by Gasteiger charge is 2.10. The van der Waals surface area contributed by atoms with Gasteiger partial charge in [-0.05, 0) is 62.9 Å². The van der Waals surface area contributed by atoms with Crippen molar-refractivity contribution in [2.24, 2.45) is 0 Å². The Balaban J connectivity index is 1.50. The summed E-state index contributed by atoms with van der Waals surface area (Å²) in [5.41, 5.74) is 2.56. The van der Waals surface area contributed by atoms with E-state index >= 15 is 0 Å². The predicted octanol–water partition coefficient (Wildman–Crippen LogP) is 2.37. The third-order valence-corrected chi connectivity index (χ3v) is 4.90. The van der Waals surface area contributed by atoms with Gasteiger partial charge in [-0.15, -0.1) is 0 Å². The van der Waals surface area contributed by atoms with Crippen LogP contribution in [0.2, 0.25) is 0 Å². The zero-order valence-corrected chi connectivity index (χ0v) is 14.9. The fraction of sp³-hybridized carbons (Fsp3) is 0.500. The van der Waals surface area contributed by atoms with Crippen molar-refractivity contribution in [1.29, 1.82) is 0 Å². The normalized spacial score (nSPS) is 15.4. The van der Waals surface area contributed by atoms with E-state index in [0.29, 0.717) is 24.9 Å². The number of piperidine rings is 1. The van der Waals surface area contributed by atoms with E-state index in [9.17, 15) is 9.59 Å². The van der Waals surface area contributed by atoms with Crippen molar-refractivity contribution >= 4 is 16.8 Å². The monoisotopic (exact) mass is 341 g/mol. The number of nitrogens with zero attached hydrogens (tertiary/aromatic N) is 1. The number of benzene rings is 1. The number of carbonyl (C=O) groups excluding carboxylic acids is 1. The van der Waals surface area contributed by atoms with Gasteiger partial charge in [-0.25, -0.2) is 0 Å². The quantitative estimate of drug-likeness (QED) is 0.848.